The topological polar surface area (TPSA) is 70.4 Å². The van der Waals surface area contributed by atoms with Crippen LogP contribution in [0.2, 0.25) is 0 Å². The molecular formula is C21H20N2O3. The molecule has 0 aliphatic carbocycles. The number of rotatable bonds is 4. The summed E-state index contributed by atoms with van der Waals surface area (Å²) in [5.41, 5.74) is 3.11. The van der Waals surface area contributed by atoms with Gasteiger partial charge in [-0.1, -0.05) is 24.3 Å². The zero-order chi connectivity index (χ0) is 18.5. The number of benzene rings is 2. The highest BCUT2D eigenvalue weighted by Gasteiger charge is 2.26. The summed E-state index contributed by atoms with van der Waals surface area (Å²) in [5.74, 6) is 0.637. The average molecular weight is 348 g/mol. The smallest absolute Gasteiger partial charge is 0.298 e. The van der Waals surface area contributed by atoms with Gasteiger partial charge in [0, 0.05) is 18.7 Å². The predicted octanol–water partition coefficient (Wildman–Crippen LogP) is 3.42. The summed E-state index contributed by atoms with van der Waals surface area (Å²) >= 11 is 0. The number of nitrogens with zero attached hydrogens (tertiary/aromatic N) is 2. The Morgan fingerprint density at radius 3 is 2.65 bits per heavy atom. The molecule has 3 rings (SSSR count). The first kappa shape index (κ1) is 17.7. The van der Waals surface area contributed by atoms with Gasteiger partial charge in [0.05, 0.1) is 11.6 Å². The van der Waals surface area contributed by atoms with Crippen molar-refractivity contribution < 1.29 is 14.3 Å². The van der Waals surface area contributed by atoms with Crippen molar-refractivity contribution in [2.24, 2.45) is 0 Å². The number of aryl methyl sites for hydroxylation is 1. The Balaban J connectivity index is 1.70. The Kier molecular flexibility index (Phi) is 5.33. The van der Waals surface area contributed by atoms with Gasteiger partial charge < -0.3 is 9.64 Å². The fraction of sp³-hybridized carbons (Fsp3) is 0.286. The Hall–Kier alpha value is -3.13. The maximum Gasteiger partial charge on any atom is 0.298 e. The molecule has 1 aliphatic heterocycles. The molecule has 0 atom stereocenters. The van der Waals surface area contributed by atoms with Crippen molar-refractivity contribution in [3.63, 3.8) is 0 Å². The molecule has 1 amide bonds. The summed E-state index contributed by atoms with van der Waals surface area (Å²) in [6.07, 6.45) is 1.65. The first-order chi connectivity index (χ1) is 12.6. The number of ether oxygens (including phenoxy) is 1. The van der Waals surface area contributed by atoms with Crippen LogP contribution in [-0.4, -0.2) is 30.4 Å². The average Bonchev–Trinajstić information content (AvgIpc) is 2.69. The van der Waals surface area contributed by atoms with E-state index in [1.165, 1.54) is 0 Å². The normalized spacial score (nSPS) is 14.5. The van der Waals surface area contributed by atoms with Crippen LogP contribution in [0.25, 0.3) is 0 Å². The van der Waals surface area contributed by atoms with Crippen molar-refractivity contribution >= 4 is 12.4 Å². The molecule has 0 bridgehead atoms. The van der Waals surface area contributed by atoms with Crippen LogP contribution in [0.4, 0.5) is 0 Å². The van der Waals surface area contributed by atoms with Crippen molar-refractivity contribution in [3.05, 3.63) is 64.7 Å². The maximum atomic E-state index is 12.8. The SMILES string of the molecule is Cc1ccc(C(=O)N2CCC(c3ccccc3C#N)CC2)cc1OC=O. The lowest BCUT2D eigenvalue weighted by atomic mass is 9.86. The standard InChI is InChI=1S/C21H20N2O3/c1-15-6-7-17(12-20(15)26-14-24)21(25)23-10-8-16(9-11-23)19-5-3-2-4-18(19)13-22/h2-7,12,14,16H,8-11H2,1H3. The Labute approximate surface area is 152 Å². The second kappa shape index (κ2) is 7.83. The van der Waals surface area contributed by atoms with Crippen LogP contribution in [0.1, 0.15) is 45.8 Å². The minimum absolute atomic E-state index is 0.0623. The highest BCUT2D eigenvalue weighted by atomic mass is 16.5. The summed E-state index contributed by atoms with van der Waals surface area (Å²) in [4.78, 5) is 25.2. The first-order valence-electron chi connectivity index (χ1n) is 8.63. The lowest BCUT2D eigenvalue weighted by Gasteiger charge is -2.32. The molecule has 0 spiro atoms. The molecule has 0 aromatic heterocycles. The van der Waals surface area contributed by atoms with Crippen molar-refractivity contribution in [2.75, 3.05) is 13.1 Å². The minimum Gasteiger partial charge on any atom is -0.428 e. The molecule has 0 N–H and O–H groups in total. The lowest BCUT2D eigenvalue weighted by molar-refractivity contribution is -0.120. The molecule has 2 aromatic carbocycles. The van der Waals surface area contributed by atoms with Gasteiger partial charge in [-0.15, -0.1) is 0 Å². The van der Waals surface area contributed by atoms with E-state index in [-0.39, 0.29) is 5.91 Å². The van der Waals surface area contributed by atoms with Gasteiger partial charge in [-0.3, -0.25) is 9.59 Å². The van der Waals surface area contributed by atoms with Crippen LogP contribution in [0.15, 0.2) is 42.5 Å². The molecule has 132 valence electrons. The molecule has 1 fully saturated rings. The van der Waals surface area contributed by atoms with Gasteiger partial charge in [0.15, 0.2) is 0 Å². The van der Waals surface area contributed by atoms with E-state index in [9.17, 15) is 14.9 Å². The van der Waals surface area contributed by atoms with Crippen molar-refractivity contribution in [3.8, 4) is 11.8 Å². The van der Waals surface area contributed by atoms with E-state index in [2.05, 4.69) is 6.07 Å². The van der Waals surface area contributed by atoms with E-state index >= 15 is 0 Å². The van der Waals surface area contributed by atoms with E-state index in [4.69, 9.17) is 4.74 Å². The Bertz CT molecular complexity index is 862. The largest absolute Gasteiger partial charge is 0.428 e. The fourth-order valence-corrected chi connectivity index (χ4v) is 3.44. The Morgan fingerprint density at radius 1 is 1.23 bits per heavy atom. The quantitative estimate of drug-likeness (QED) is 0.794. The van der Waals surface area contributed by atoms with E-state index in [0.717, 1.165) is 24.0 Å². The van der Waals surface area contributed by atoms with Crippen molar-refractivity contribution in [1.82, 2.24) is 4.90 Å². The molecule has 1 saturated heterocycles. The maximum absolute atomic E-state index is 12.8. The van der Waals surface area contributed by atoms with Crippen molar-refractivity contribution in [2.45, 2.75) is 25.7 Å². The van der Waals surface area contributed by atoms with Crippen LogP contribution in [0.3, 0.4) is 0 Å². The number of piperidine rings is 1. The highest BCUT2D eigenvalue weighted by Crippen LogP contribution is 2.31. The molecule has 0 unspecified atom stereocenters. The summed E-state index contributed by atoms with van der Waals surface area (Å²) in [6, 6.07) is 15.1. The molecule has 5 heteroatoms. The van der Waals surface area contributed by atoms with Crippen LogP contribution in [0.5, 0.6) is 5.75 Å². The van der Waals surface area contributed by atoms with E-state index < -0.39 is 0 Å². The van der Waals surface area contributed by atoms with Gasteiger partial charge in [-0.2, -0.15) is 5.26 Å². The van der Waals surface area contributed by atoms with E-state index in [1.54, 1.807) is 18.2 Å². The van der Waals surface area contributed by atoms with Gasteiger partial charge in [-0.05, 0) is 55.0 Å². The third-order valence-corrected chi connectivity index (χ3v) is 4.91. The molecular weight excluding hydrogens is 328 g/mol. The van der Waals surface area contributed by atoms with Crippen LogP contribution in [-0.2, 0) is 4.79 Å². The summed E-state index contributed by atoms with van der Waals surface area (Å²) in [6.45, 7) is 3.47. The monoisotopic (exact) mass is 348 g/mol. The minimum atomic E-state index is -0.0623. The first-order valence-corrected chi connectivity index (χ1v) is 8.63. The third-order valence-electron chi connectivity index (χ3n) is 4.91. The zero-order valence-corrected chi connectivity index (χ0v) is 14.6. The van der Waals surface area contributed by atoms with Gasteiger partial charge in [0.2, 0.25) is 0 Å². The second-order valence-electron chi connectivity index (χ2n) is 6.46. The molecule has 0 saturated carbocycles. The number of carbonyl (C=O) groups is 2. The van der Waals surface area contributed by atoms with Crippen LogP contribution >= 0.6 is 0 Å². The van der Waals surface area contributed by atoms with Gasteiger partial charge in [-0.25, -0.2) is 0 Å². The third kappa shape index (κ3) is 3.60. The van der Waals surface area contributed by atoms with Crippen molar-refractivity contribution in [1.29, 1.82) is 5.26 Å². The summed E-state index contributed by atoms with van der Waals surface area (Å²) in [5, 5.41) is 9.28. The fourth-order valence-electron chi connectivity index (χ4n) is 3.44. The van der Waals surface area contributed by atoms with Gasteiger partial charge in [0.25, 0.3) is 12.4 Å². The van der Waals surface area contributed by atoms with Gasteiger partial charge >= 0.3 is 0 Å². The number of carbonyl (C=O) groups excluding carboxylic acids is 2. The van der Waals surface area contributed by atoms with E-state index in [1.807, 2.05) is 36.1 Å². The second-order valence-corrected chi connectivity index (χ2v) is 6.46. The predicted molar refractivity (Wildman–Crippen MR) is 96.9 cm³/mol. The molecule has 26 heavy (non-hydrogen) atoms. The van der Waals surface area contributed by atoms with Gasteiger partial charge in [0.1, 0.15) is 5.75 Å². The summed E-state index contributed by atoms with van der Waals surface area (Å²) in [7, 11) is 0. The van der Waals surface area contributed by atoms with Crippen LogP contribution in [0, 0.1) is 18.3 Å². The van der Waals surface area contributed by atoms with Crippen LogP contribution < -0.4 is 4.74 Å². The molecule has 0 radical (unpaired) electrons. The zero-order valence-electron chi connectivity index (χ0n) is 14.6. The molecule has 1 aliphatic rings. The van der Waals surface area contributed by atoms with E-state index in [0.29, 0.717) is 42.4 Å². The number of amides is 1. The Morgan fingerprint density at radius 2 is 1.96 bits per heavy atom. The number of likely N-dealkylation sites (tertiary alicyclic amines) is 1. The summed E-state index contributed by atoms with van der Waals surface area (Å²) < 4.78 is 4.93. The molecule has 1 heterocycles. The number of hydrogen-bond acceptors (Lipinski definition) is 4. The number of hydrogen-bond donors (Lipinski definition) is 0. The molecule has 5 nitrogen and oxygen atoms in total. The highest BCUT2D eigenvalue weighted by molar-refractivity contribution is 5.95. The number of nitriles is 1. The lowest BCUT2D eigenvalue weighted by Crippen LogP contribution is -2.38. The molecule has 2 aromatic rings.